The molecule has 27 heavy (non-hydrogen) atoms. The van der Waals surface area contributed by atoms with Gasteiger partial charge in [0.2, 0.25) is 0 Å². The molecule has 5 heteroatoms. The summed E-state index contributed by atoms with van der Waals surface area (Å²) in [5, 5.41) is 20.8. The summed E-state index contributed by atoms with van der Waals surface area (Å²) in [6.07, 6.45) is 9.60. The maximum atomic E-state index is 16.6. The fraction of sp³-hybridized carbons (Fsp3) is 0.636. The lowest BCUT2D eigenvalue weighted by atomic mass is 9.48. The van der Waals surface area contributed by atoms with Crippen molar-refractivity contribution in [2.75, 3.05) is 6.61 Å². The van der Waals surface area contributed by atoms with Crippen LogP contribution in [-0.4, -0.2) is 39.7 Å². The first-order chi connectivity index (χ1) is 12.5. The Bertz CT molecular complexity index is 813. The van der Waals surface area contributed by atoms with Crippen molar-refractivity contribution < 1.29 is 24.2 Å². The van der Waals surface area contributed by atoms with Crippen LogP contribution in [-0.2, 0) is 9.59 Å². The molecule has 0 saturated heterocycles. The quantitative estimate of drug-likeness (QED) is 0.729. The molecule has 2 saturated carbocycles. The lowest BCUT2D eigenvalue weighted by Gasteiger charge is -2.57. The van der Waals surface area contributed by atoms with E-state index in [9.17, 15) is 19.8 Å². The van der Waals surface area contributed by atoms with E-state index >= 15 is 4.39 Å². The van der Waals surface area contributed by atoms with Gasteiger partial charge in [-0.15, -0.1) is 0 Å². The van der Waals surface area contributed by atoms with E-state index in [1.54, 1.807) is 25.2 Å². The maximum absolute atomic E-state index is 16.6. The van der Waals surface area contributed by atoms with E-state index in [0.29, 0.717) is 19.3 Å². The monoisotopic (exact) mass is 374 g/mol. The van der Waals surface area contributed by atoms with Crippen molar-refractivity contribution in [2.24, 2.45) is 28.6 Å². The van der Waals surface area contributed by atoms with Crippen molar-refractivity contribution in [2.45, 2.75) is 51.3 Å². The van der Waals surface area contributed by atoms with Gasteiger partial charge < -0.3 is 10.2 Å². The molecular weight excluding hydrogens is 347 g/mol. The molecule has 4 aliphatic rings. The number of carbonyl (C=O) groups is 2. The van der Waals surface area contributed by atoms with Crippen LogP contribution in [0.15, 0.2) is 36.0 Å². The molecule has 1 unspecified atom stereocenters. The topological polar surface area (TPSA) is 74.6 Å². The fourth-order valence-electron chi connectivity index (χ4n) is 6.56. The molecule has 4 aliphatic carbocycles. The van der Waals surface area contributed by atoms with E-state index in [4.69, 9.17) is 0 Å². The second kappa shape index (κ2) is 5.48. The van der Waals surface area contributed by atoms with Gasteiger partial charge in [-0.2, -0.15) is 0 Å². The Labute approximate surface area is 158 Å². The molecule has 7 atom stereocenters. The Kier molecular flexibility index (Phi) is 3.81. The number of aliphatic hydroxyl groups excluding tert-OH is 1. The highest BCUT2D eigenvalue weighted by Gasteiger charge is 2.71. The van der Waals surface area contributed by atoms with Crippen LogP contribution in [0.2, 0.25) is 0 Å². The van der Waals surface area contributed by atoms with Gasteiger partial charge in [0.05, 0.1) is 0 Å². The van der Waals surface area contributed by atoms with Crippen LogP contribution in [0.4, 0.5) is 4.39 Å². The molecule has 2 N–H and O–H groups in total. The molecule has 0 heterocycles. The minimum atomic E-state index is -1.69. The minimum Gasteiger partial charge on any atom is -0.388 e. The first kappa shape index (κ1) is 18.8. The fourth-order valence-corrected chi connectivity index (χ4v) is 6.56. The van der Waals surface area contributed by atoms with Crippen molar-refractivity contribution in [3.05, 3.63) is 36.0 Å². The van der Waals surface area contributed by atoms with Crippen LogP contribution >= 0.6 is 0 Å². The summed E-state index contributed by atoms with van der Waals surface area (Å²) >= 11 is 0. The second-order valence-corrected chi connectivity index (χ2v) is 9.23. The minimum absolute atomic E-state index is 0.105. The standard InChI is InChI=1S/C22H27FO4/c1-13-10-17-16-5-4-14-11-15(25)6-7-19(14,2)21(16,23)9-8-20(17,3)22(13,27)18(26)12-24/h6-9,11,13,16-17,24,27H,4-5,10,12H2,1-3H3/t13?,16-,17-,19-,20-,21+,22-/m0/s1. The smallest absolute Gasteiger partial charge is 0.190 e. The van der Waals surface area contributed by atoms with E-state index in [2.05, 4.69) is 0 Å². The normalized spacial score (nSPS) is 50.7. The molecule has 0 amide bonds. The third kappa shape index (κ3) is 1.99. The lowest BCUT2D eigenvalue weighted by molar-refractivity contribution is -0.159. The van der Waals surface area contributed by atoms with Crippen LogP contribution in [0.1, 0.15) is 40.0 Å². The Morgan fingerprint density at radius 1 is 1.26 bits per heavy atom. The summed E-state index contributed by atoms with van der Waals surface area (Å²) < 4.78 is 16.6. The van der Waals surface area contributed by atoms with Crippen LogP contribution in [0.25, 0.3) is 0 Å². The van der Waals surface area contributed by atoms with Gasteiger partial charge in [0, 0.05) is 16.7 Å². The van der Waals surface area contributed by atoms with Crippen molar-refractivity contribution >= 4 is 11.6 Å². The number of Topliss-reactive ketones (excluding diaryl/α,β-unsaturated/α-hetero) is 1. The Balaban J connectivity index is 1.85. The molecule has 0 aromatic rings. The molecule has 2 fully saturated rings. The Morgan fingerprint density at radius 2 is 1.96 bits per heavy atom. The third-order valence-electron chi connectivity index (χ3n) is 8.26. The van der Waals surface area contributed by atoms with Gasteiger partial charge >= 0.3 is 0 Å². The summed E-state index contributed by atoms with van der Waals surface area (Å²) in [6, 6.07) is 0. The highest BCUT2D eigenvalue weighted by Crippen LogP contribution is 2.68. The first-order valence-corrected chi connectivity index (χ1v) is 9.74. The van der Waals surface area contributed by atoms with Crippen LogP contribution in [0.5, 0.6) is 0 Å². The number of carbonyl (C=O) groups excluding carboxylic acids is 2. The van der Waals surface area contributed by atoms with Crippen molar-refractivity contribution in [1.82, 2.24) is 0 Å². The van der Waals surface area contributed by atoms with E-state index in [1.165, 1.54) is 12.2 Å². The zero-order valence-corrected chi connectivity index (χ0v) is 16.0. The van der Waals surface area contributed by atoms with Gasteiger partial charge in [-0.05, 0) is 56.3 Å². The van der Waals surface area contributed by atoms with Crippen molar-refractivity contribution in [3.8, 4) is 0 Å². The highest BCUT2D eigenvalue weighted by atomic mass is 19.1. The van der Waals surface area contributed by atoms with Crippen molar-refractivity contribution in [1.29, 1.82) is 0 Å². The second-order valence-electron chi connectivity index (χ2n) is 9.23. The molecule has 0 aromatic heterocycles. The van der Waals surface area contributed by atoms with Crippen molar-refractivity contribution in [3.63, 3.8) is 0 Å². The average molecular weight is 374 g/mol. The Hall–Kier alpha value is -1.59. The van der Waals surface area contributed by atoms with Gasteiger partial charge in [-0.25, -0.2) is 4.39 Å². The predicted octanol–water partition coefficient (Wildman–Crippen LogP) is 2.70. The number of hydrogen-bond donors (Lipinski definition) is 2. The first-order valence-electron chi connectivity index (χ1n) is 9.74. The predicted molar refractivity (Wildman–Crippen MR) is 98.5 cm³/mol. The molecule has 4 rings (SSSR count). The van der Waals surface area contributed by atoms with Gasteiger partial charge in [0.25, 0.3) is 0 Å². The van der Waals surface area contributed by atoms with E-state index in [1.807, 2.05) is 13.8 Å². The number of ketones is 2. The van der Waals surface area contributed by atoms with E-state index < -0.39 is 34.5 Å². The zero-order valence-electron chi connectivity index (χ0n) is 16.0. The molecule has 0 bridgehead atoms. The number of aliphatic hydroxyl groups is 2. The number of allylic oxidation sites excluding steroid dienone is 5. The Morgan fingerprint density at radius 3 is 2.63 bits per heavy atom. The van der Waals surface area contributed by atoms with Crippen LogP contribution in [0, 0.1) is 28.6 Å². The number of halogens is 1. The van der Waals surface area contributed by atoms with Gasteiger partial charge in [0.1, 0.15) is 17.9 Å². The largest absolute Gasteiger partial charge is 0.388 e. The van der Waals surface area contributed by atoms with E-state index in [-0.39, 0.29) is 23.5 Å². The van der Waals surface area contributed by atoms with Gasteiger partial charge in [0.15, 0.2) is 11.6 Å². The SMILES string of the molecule is CC1C[C@H]2[C@@H]3CCC4=CC(=O)C=C[C@]4(C)[C@@]3(F)C=C[C@]2(C)[C@@]1(O)C(=O)CO. The molecule has 4 nitrogen and oxygen atoms in total. The summed E-state index contributed by atoms with van der Waals surface area (Å²) in [4.78, 5) is 24.3. The summed E-state index contributed by atoms with van der Waals surface area (Å²) in [5.74, 6) is -1.65. The zero-order chi connectivity index (χ0) is 19.8. The average Bonchev–Trinajstić information content (AvgIpc) is 2.84. The van der Waals surface area contributed by atoms with Gasteiger partial charge in [-0.3, -0.25) is 9.59 Å². The number of rotatable bonds is 2. The van der Waals surface area contributed by atoms with Crippen LogP contribution < -0.4 is 0 Å². The lowest BCUT2D eigenvalue weighted by Crippen LogP contribution is -2.61. The maximum Gasteiger partial charge on any atom is 0.190 e. The number of alkyl halides is 1. The molecule has 0 aromatic carbocycles. The van der Waals surface area contributed by atoms with E-state index in [0.717, 1.165) is 5.57 Å². The molecule has 0 aliphatic heterocycles. The summed E-state index contributed by atoms with van der Waals surface area (Å²) in [6.45, 7) is 4.74. The molecule has 0 spiro atoms. The highest BCUT2D eigenvalue weighted by molar-refractivity contribution is 6.01. The molecule has 146 valence electrons. The van der Waals surface area contributed by atoms with Gasteiger partial charge in [-0.1, -0.05) is 31.6 Å². The summed E-state index contributed by atoms with van der Waals surface area (Å²) in [5.41, 5.74) is -4.37. The summed E-state index contributed by atoms with van der Waals surface area (Å²) in [7, 11) is 0. The molecule has 0 radical (unpaired) electrons. The van der Waals surface area contributed by atoms with Crippen LogP contribution in [0.3, 0.4) is 0 Å². The number of fused-ring (bicyclic) bond motifs is 5. The number of hydrogen-bond acceptors (Lipinski definition) is 4. The molecular formula is C22H27FO4. The third-order valence-corrected chi connectivity index (χ3v) is 8.26.